The largest absolute Gasteiger partial charge is 0.465 e. The molecule has 0 unspecified atom stereocenters. The lowest BCUT2D eigenvalue weighted by molar-refractivity contribution is -0.145. The number of hydrogen-bond acceptors (Lipinski definition) is 3. The molecule has 1 aromatic carbocycles. The van der Waals surface area contributed by atoms with E-state index < -0.39 is 6.04 Å². The van der Waals surface area contributed by atoms with Crippen LogP contribution in [0.1, 0.15) is 56.9 Å². The quantitative estimate of drug-likeness (QED) is 0.333. The summed E-state index contributed by atoms with van der Waals surface area (Å²) >= 11 is 0. The zero-order chi connectivity index (χ0) is 16.8. The number of benzene rings is 1. The molecule has 0 aromatic heterocycles. The summed E-state index contributed by atoms with van der Waals surface area (Å²) in [5.41, 5.74) is 6.95. The van der Waals surface area contributed by atoms with Crippen molar-refractivity contribution >= 4 is 5.97 Å². The maximum atomic E-state index is 11.8. The third-order valence-electron chi connectivity index (χ3n) is 3.90. The molecule has 0 aliphatic heterocycles. The van der Waals surface area contributed by atoms with Crippen LogP contribution in [0.15, 0.2) is 43.0 Å². The van der Waals surface area contributed by atoms with E-state index in [2.05, 4.69) is 6.58 Å². The summed E-state index contributed by atoms with van der Waals surface area (Å²) in [5.74, 6) is -0.293. The molecule has 23 heavy (non-hydrogen) atoms. The van der Waals surface area contributed by atoms with Gasteiger partial charge in [0, 0.05) is 0 Å². The Kier molecular flexibility index (Phi) is 10.9. The number of esters is 1. The highest BCUT2D eigenvalue weighted by atomic mass is 16.5. The van der Waals surface area contributed by atoms with Crippen LogP contribution in [0.2, 0.25) is 0 Å². The molecule has 2 N–H and O–H groups in total. The van der Waals surface area contributed by atoms with E-state index in [-0.39, 0.29) is 5.97 Å². The van der Waals surface area contributed by atoms with Gasteiger partial charge in [-0.05, 0) is 31.2 Å². The van der Waals surface area contributed by atoms with Crippen molar-refractivity contribution in [2.45, 2.75) is 63.8 Å². The van der Waals surface area contributed by atoms with Crippen molar-refractivity contribution in [3.8, 4) is 0 Å². The molecule has 0 saturated heterocycles. The van der Waals surface area contributed by atoms with E-state index in [1.807, 2.05) is 36.4 Å². The average molecular weight is 317 g/mol. The van der Waals surface area contributed by atoms with Crippen LogP contribution in [0, 0.1) is 0 Å². The van der Waals surface area contributed by atoms with Crippen LogP contribution in [0.4, 0.5) is 0 Å². The zero-order valence-corrected chi connectivity index (χ0v) is 14.2. The lowest BCUT2D eigenvalue weighted by Crippen LogP contribution is -2.34. The number of carbonyl (C=O) groups is 1. The third-order valence-corrected chi connectivity index (χ3v) is 3.90. The molecule has 0 amide bonds. The summed E-state index contributed by atoms with van der Waals surface area (Å²) in [7, 11) is 0. The summed E-state index contributed by atoms with van der Waals surface area (Å²) in [6, 6.07) is 9.23. The lowest BCUT2D eigenvalue weighted by Gasteiger charge is -2.11. The molecule has 0 aliphatic rings. The van der Waals surface area contributed by atoms with E-state index in [1.165, 1.54) is 32.1 Å². The van der Waals surface area contributed by atoms with Gasteiger partial charge in [-0.2, -0.15) is 0 Å². The fourth-order valence-corrected chi connectivity index (χ4v) is 2.51. The van der Waals surface area contributed by atoms with Crippen molar-refractivity contribution in [3.63, 3.8) is 0 Å². The van der Waals surface area contributed by atoms with E-state index >= 15 is 0 Å². The van der Waals surface area contributed by atoms with Crippen LogP contribution in [0.5, 0.6) is 0 Å². The van der Waals surface area contributed by atoms with Crippen LogP contribution in [-0.2, 0) is 16.0 Å². The Labute approximate surface area is 140 Å². The van der Waals surface area contributed by atoms with Crippen molar-refractivity contribution in [2.75, 3.05) is 6.61 Å². The highest BCUT2D eigenvalue weighted by molar-refractivity contribution is 5.75. The summed E-state index contributed by atoms with van der Waals surface area (Å²) < 4.78 is 5.26. The fourth-order valence-electron chi connectivity index (χ4n) is 2.51. The normalized spacial score (nSPS) is 11.9. The van der Waals surface area contributed by atoms with Crippen LogP contribution in [0.25, 0.3) is 0 Å². The van der Waals surface area contributed by atoms with Crippen molar-refractivity contribution in [2.24, 2.45) is 5.73 Å². The molecular formula is C20H31NO2. The molecule has 0 bridgehead atoms. The van der Waals surface area contributed by atoms with Crippen molar-refractivity contribution in [1.82, 2.24) is 0 Å². The van der Waals surface area contributed by atoms with Crippen molar-refractivity contribution in [3.05, 3.63) is 48.6 Å². The van der Waals surface area contributed by atoms with Crippen LogP contribution in [-0.4, -0.2) is 18.6 Å². The molecule has 1 atom stereocenters. The minimum Gasteiger partial charge on any atom is -0.465 e. The molecule has 128 valence electrons. The Bertz CT molecular complexity index is 431. The van der Waals surface area contributed by atoms with Crippen LogP contribution >= 0.6 is 0 Å². The number of rotatable bonds is 13. The van der Waals surface area contributed by atoms with Crippen LogP contribution < -0.4 is 5.73 Å². The number of nitrogens with two attached hydrogens (primary N) is 1. The molecule has 0 fully saturated rings. The van der Waals surface area contributed by atoms with Crippen LogP contribution in [0.3, 0.4) is 0 Å². The minimum absolute atomic E-state index is 0.293. The first-order valence-corrected chi connectivity index (χ1v) is 8.81. The predicted octanol–water partition coefficient (Wildman–Crippen LogP) is 4.41. The summed E-state index contributed by atoms with van der Waals surface area (Å²) in [6.07, 6.45) is 12.0. The Morgan fingerprint density at radius 3 is 2.30 bits per heavy atom. The highest BCUT2D eigenvalue weighted by Crippen LogP contribution is 2.09. The number of unbranched alkanes of at least 4 members (excludes halogenated alkanes) is 7. The van der Waals surface area contributed by atoms with E-state index in [4.69, 9.17) is 10.5 Å². The second-order valence-corrected chi connectivity index (χ2v) is 6.02. The molecule has 0 heterocycles. The molecule has 1 rings (SSSR count). The summed E-state index contributed by atoms with van der Waals surface area (Å²) in [6.45, 7) is 4.21. The topological polar surface area (TPSA) is 52.3 Å². The molecule has 1 aromatic rings. The van der Waals surface area contributed by atoms with Gasteiger partial charge in [0.15, 0.2) is 0 Å². The number of allylic oxidation sites excluding steroid dienone is 1. The first-order chi connectivity index (χ1) is 11.2. The molecule has 3 nitrogen and oxygen atoms in total. The summed E-state index contributed by atoms with van der Waals surface area (Å²) in [5, 5.41) is 0. The molecule has 0 aliphatic carbocycles. The smallest absolute Gasteiger partial charge is 0.323 e. The Balaban J connectivity index is 1.98. The van der Waals surface area contributed by atoms with Crippen molar-refractivity contribution < 1.29 is 9.53 Å². The third kappa shape index (κ3) is 9.90. The molecule has 0 radical (unpaired) electrons. The van der Waals surface area contributed by atoms with Gasteiger partial charge in [-0.25, -0.2) is 0 Å². The Morgan fingerprint density at radius 1 is 1.04 bits per heavy atom. The van der Waals surface area contributed by atoms with Gasteiger partial charge in [-0.1, -0.05) is 68.5 Å². The Hall–Kier alpha value is -1.61. The molecule has 0 saturated carbocycles. The predicted molar refractivity (Wildman–Crippen MR) is 96.2 cm³/mol. The van der Waals surface area contributed by atoms with E-state index in [0.717, 1.165) is 24.8 Å². The SMILES string of the molecule is C=CCCCCCCCCCOC(=O)[C@@H](N)Cc1ccccc1. The number of ether oxygens (including phenoxy) is 1. The minimum atomic E-state index is -0.567. The molecular weight excluding hydrogens is 286 g/mol. The van der Waals surface area contributed by atoms with E-state index in [9.17, 15) is 4.79 Å². The average Bonchev–Trinajstić information content (AvgIpc) is 2.57. The van der Waals surface area contributed by atoms with Gasteiger partial charge in [0.05, 0.1) is 6.61 Å². The first kappa shape index (κ1) is 19.4. The monoisotopic (exact) mass is 317 g/mol. The second-order valence-electron chi connectivity index (χ2n) is 6.02. The van der Waals surface area contributed by atoms with Gasteiger partial charge in [-0.15, -0.1) is 6.58 Å². The maximum absolute atomic E-state index is 11.8. The number of carbonyl (C=O) groups excluding carboxylic acids is 1. The van der Waals surface area contributed by atoms with Crippen molar-refractivity contribution in [1.29, 1.82) is 0 Å². The van der Waals surface area contributed by atoms with E-state index in [0.29, 0.717) is 13.0 Å². The molecule has 3 heteroatoms. The van der Waals surface area contributed by atoms with Gasteiger partial charge in [-0.3, -0.25) is 4.79 Å². The van der Waals surface area contributed by atoms with Gasteiger partial charge in [0.2, 0.25) is 0 Å². The van der Waals surface area contributed by atoms with Gasteiger partial charge in [0.1, 0.15) is 6.04 Å². The zero-order valence-electron chi connectivity index (χ0n) is 14.2. The molecule has 0 spiro atoms. The number of hydrogen-bond donors (Lipinski definition) is 1. The van der Waals surface area contributed by atoms with E-state index in [1.54, 1.807) is 0 Å². The van der Waals surface area contributed by atoms with Gasteiger partial charge >= 0.3 is 5.97 Å². The van der Waals surface area contributed by atoms with Gasteiger partial charge in [0.25, 0.3) is 0 Å². The standard InChI is InChI=1S/C20H31NO2/c1-2-3-4-5-6-7-8-9-13-16-23-20(22)19(21)17-18-14-11-10-12-15-18/h2,10-12,14-15,19H,1,3-9,13,16-17,21H2/t19-/m0/s1. The lowest BCUT2D eigenvalue weighted by atomic mass is 10.1. The first-order valence-electron chi connectivity index (χ1n) is 8.81. The summed E-state index contributed by atoms with van der Waals surface area (Å²) in [4.78, 5) is 11.8. The second kappa shape index (κ2) is 12.9. The maximum Gasteiger partial charge on any atom is 0.323 e. The Morgan fingerprint density at radius 2 is 1.65 bits per heavy atom. The van der Waals surface area contributed by atoms with Gasteiger partial charge < -0.3 is 10.5 Å². The highest BCUT2D eigenvalue weighted by Gasteiger charge is 2.15. The fraction of sp³-hybridized carbons (Fsp3) is 0.550.